The number of rotatable bonds is 5. The molecule has 3 aromatic rings. The van der Waals surface area contributed by atoms with Crippen molar-refractivity contribution in [3.8, 4) is 5.75 Å². The van der Waals surface area contributed by atoms with E-state index in [1.54, 1.807) is 12.1 Å². The van der Waals surface area contributed by atoms with Crippen LogP contribution in [0, 0.1) is 6.92 Å². The lowest BCUT2D eigenvalue weighted by Crippen LogP contribution is -2.38. The zero-order valence-electron chi connectivity index (χ0n) is 18.3. The molecular weight excluding hydrogens is 437 g/mol. The number of likely N-dealkylation sites (tertiary alicyclic amines) is 1. The van der Waals surface area contributed by atoms with Crippen LogP contribution in [0.3, 0.4) is 0 Å². The van der Waals surface area contributed by atoms with Gasteiger partial charge in [-0.25, -0.2) is 4.79 Å². The van der Waals surface area contributed by atoms with Crippen molar-refractivity contribution in [2.24, 2.45) is 0 Å². The van der Waals surface area contributed by atoms with Crippen molar-refractivity contribution in [1.29, 1.82) is 0 Å². The van der Waals surface area contributed by atoms with Crippen molar-refractivity contribution in [2.75, 3.05) is 30.3 Å². The first-order valence-corrected chi connectivity index (χ1v) is 10.8. The summed E-state index contributed by atoms with van der Waals surface area (Å²) in [5.74, 6) is -0.231. The summed E-state index contributed by atoms with van der Waals surface area (Å²) < 4.78 is 52.1. The number of piperidine rings is 1. The standard InChI is InChI=1S/C23H25F3N4O3/c1-3-30-10-8-16(9-11-30)32-20-7-5-15(12-18(20)23(24,25)26)28-22(31)29-19-6-4-14(2)17-13-27-33-21(17)19/h4-7,12-13,16H,3,8-11H2,1-2H3,(H2,28,29,31). The molecule has 1 aliphatic rings. The van der Waals surface area contributed by atoms with Crippen LogP contribution in [0.1, 0.15) is 30.9 Å². The van der Waals surface area contributed by atoms with Crippen LogP contribution in [0.25, 0.3) is 11.0 Å². The molecule has 0 saturated carbocycles. The third kappa shape index (κ3) is 5.22. The molecule has 0 unspecified atom stereocenters. The highest BCUT2D eigenvalue weighted by Gasteiger charge is 2.36. The Hall–Kier alpha value is -3.27. The first-order valence-electron chi connectivity index (χ1n) is 10.8. The van der Waals surface area contributed by atoms with E-state index in [4.69, 9.17) is 9.26 Å². The monoisotopic (exact) mass is 462 g/mol. The highest BCUT2D eigenvalue weighted by Crippen LogP contribution is 2.39. The van der Waals surface area contributed by atoms with E-state index in [1.165, 1.54) is 18.3 Å². The van der Waals surface area contributed by atoms with Crippen LogP contribution in [0.15, 0.2) is 41.1 Å². The van der Waals surface area contributed by atoms with E-state index in [0.29, 0.717) is 24.1 Å². The number of carbonyl (C=O) groups excluding carboxylic acids is 1. The summed E-state index contributed by atoms with van der Waals surface area (Å²) in [6, 6.07) is 6.26. The maximum absolute atomic E-state index is 13.7. The van der Waals surface area contributed by atoms with Crippen LogP contribution in [-0.2, 0) is 6.18 Å². The van der Waals surface area contributed by atoms with Gasteiger partial charge in [-0.05, 0) is 56.1 Å². The van der Waals surface area contributed by atoms with Crippen LogP contribution in [0.4, 0.5) is 29.3 Å². The predicted molar refractivity (Wildman–Crippen MR) is 119 cm³/mol. The van der Waals surface area contributed by atoms with Crippen LogP contribution >= 0.6 is 0 Å². The molecule has 0 aliphatic carbocycles. The van der Waals surface area contributed by atoms with Gasteiger partial charge in [-0.1, -0.05) is 18.1 Å². The van der Waals surface area contributed by atoms with Gasteiger partial charge in [0.1, 0.15) is 11.9 Å². The number of hydrogen-bond acceptors (Lipinski definition) is 5. The van der Waals surface area contributed by atoms with Gasteiger partial charge in [0, 0.05) is 24.2 Å². The number of halogens is 3. The van der Waals surface area contributed by atoms with Gasteiger partial charge in [-0.3, -0.25) is 0 Å². The second-order valence-electron chi connectivity index (χ2n) is 8.04. The molecule has 10 heteroatoms. The van der Waals surface area contributed by atoms with Gasteiger partial charge >= 0.3 is 12.2 Å². The molecule has 2 N–H and O–H groups in total. The summed E-state index contributed by atoms with van der Waals surface area (Å²) in [7, 11) is 0. The molecule has 1 aromatic heterocycles. The van der Waals surface area contributed by atoms with E-state index in [1.807, 2.05) is 6.92 Å². The summed E-state index contributed by atoms with van der Waals surface area (Å²) >= 11 is 0. The smallest absolute Gasteiger partial charge is 0.420 e. The van der Waals surface area contributed by atoms with Crippen LogP contribution in [0.5, 0.6) is 5.75 Å². The fourth-order valence-corrected chi connectivity index (χ4v) is 3.93. The molecule has 2 aromatic carbocycles. The van der Waals surface area contributed by atoms with E-state index in [0.717, 1.165) is 36.7 Å². The molecule has 1 aliphatic heterocycles. The van der Waals surface area contributed by atoms with E-state index in [2.05, 4.69) is 27.6 Å². The minimum absolute atomic E-state index is 0.00565. The highest BCUT2D eigenvalue weighted by molar-refractivity contribution is 6.05. The van der Waals surface area contributed by atoms with Crippen molar-refractivity contribution in [3.63, 3.8) is 0 Å². The Balaban J connectivity index is 1.48. The largest absolute Gasteiger partial charge is 0.490 e. The Morgan fingerprint density at radius 1 is 1.21 bits per heavy atom. The number of anilines is 2. The summed E-state index contributed by atoms with van der Waals surface area (Å²) in [4.78, 5) is 14.7. The molecule has 0 bridgehead atoms. The predicted octanol–water partition coefficient (Wildman–Crippen LogP) is 5.66. The highest BCUT2D eigenvalue weighted by atomic mass is 19.4. The Morgan fingerprint density at radius 2 is 1.97 bits per heavy atom. The summed E-state index contributed by atoms with van der Waals surface area (Å²) in [6.07, 6.45) is -2.03. The minimum Gasteiger partial charge on any atom is -0.490 e. The van der Waals surface area contributed by atoms with Gasteiger partial charge in [0.15, 0.2) is 5.58 Å². The number of urea groups is 1. The molecule has 0 atom stereocenters. The number of alkyl halides is 3. The number of hydrogen-bond donors (Lipinski definition) is 2. The minimum atomic E-state index is -4.63. The fraction of sp³-hybridized carbons (Fsp3) is 0.391. The quantitative estimate of drug-likeness (QED) is 0.511. The topological polar surface area (TPSA) is 79.6 Å². The normalized spacial score (nSPS) is 15.5. The van der Waals surface area contributed by atoms with Gasteiger partial charge in [0.05, 0.1) is 17.4 Å². The number of fused-ring (bicyclic) bond motifs is 1. The number of ether oxygens (including phenoxy) is 1. The van der Waals surface area contributed by atoms with Gasteiger partial charge < -0.3 is 24.8 Å². The molecule has 0 radical (unpaired) electrons. The second kappa shape index (κ2) is 9.30. The van der Waals surface area contributed by atoms with Crippen molar-refractivity contribution in [2.45, 2.75) is 39.0 Å². The van der Waals surface area contributed by atoms with Gasteiger partial charge in [0.2, 0.25) is 0 Å². The van der Waals surface area contributed by atoms with Crippen molar-refractivity contribution < 1.29 is 27.2 Å². The molecule has 176 valence electrons. The number of carbonyl (C=O) groups is 1. The lowest BCUT2D eigenvalue weighted by atomic mass is 10.1. The Morgan fingerprint density at radius 3 is 2.67 bits per heavy atom. The average Bonchev–Trinajstić information content (AvgIpc) is 3.28. The SMILES string of the molecule is CCN1CCC(Oc2ccc(NC(=O)Nc3ccc(C)c4cnoc34)cc2C(F)(F)F)CC1. The van der Waals surface area contributed by atoms with E-state index >= 15 is 0 Å². The third-order valence-corrected chi connectivity index (χ3v) is 5.81. The number of nitrogens with one attached hydrogen (secondary N) is 2. The van der Waals surface area contributed by atoms with E-state index in [-0.39, 0.29) is 17.5 Å². The van der Waals surface area contributed by atoms with Gasteiger partial charge in [-0.15, -0.1) is 0 Å². The molecule has 1 saturated heterocycles. The number of benzene rings is 2. The molecule has 33 heavy (non-hydrogen) atoms. The second-order valence-corrected chi connectivity index (χ2v) is 8.04. The first kappa shape index (κ1) is 22.9. The van der Waals surface area contributed by atoms with E-state index < -0.39 is 17.8 Å². The maximum Gasteiger partial charge on any atom is 0.420 e. The van der Waals surface area contributed by atoms with Crippen molar-refractivity contribution in [3.05, 3.63) is 47.7 Å². The number of amides is 2. The molecule has 4 rings (SSSR count). The number of aryl methyl sites for hydroxylation is 1. The maximum atomic E-state index is 13.7. The van der Waals surface area contributed by atoms with Crippen LogP contribution < -0.4 is 15.4 Å². The summed E-state index contributed by atoms with van der Waals surface area (Å²) in [5.41, 5.74) is 0.738. The van der Waals surface area contributed by atoms with Crippen molar-refractivity contribution >= 4 is 28.4 Å². The molecule has 2 amide bonds. The van der Waals surface area contributed by atoms with Gasteiger partial charge in [0.25, 0.3) is 0 Å². The fourth-order valence-electron chi connectivity index (χ4n) is 3.93. The molecule has 7 nitrogen and oxygen atoms in total. The third-order valence-electron chi connectivity index (χ3n) is 5.81. The van der Waals surface area contributed by atoms with Crippen LogP contribution in [0.2, 0.25) is 0 Å². The Labute approximate surface area is 188 Å². The zero-order chi connectivity index (χ0) is 23.6. The lowest BCUT2D eigenvalue weighted by molar-refractivity contribution is -0.139. The van der Waals surface area contributed by atoms with E-state index in [9.17, 15) is 18.0 Å². The average molecular weight is 462 g/mol. The molecule has 0 spiro atoms. The zero-order valence-corrected chi connectivity index (χ0v) is 18.3. The summed E-state index contributed by atoms with van der Waals surface area (Å²) in [6.45, 7) is 6.42. The lowest BCUT2D eigenvalue weighted by Gasteiger charge is -2.31. The first-order chi connectivity index (χ1) is 15.7. The Kier molecular flexibility index (Phi) is 6.46. The van der Waals surface area contributed by atoms with Crippen LogP contribution in [-0.4, -0.2) is 41.8 Å². The number of aromatic nitrogens is 1. The molecular formula is C23H25F3N4O3. The van der Waals surface area contributed by atoms with Crippen molar-refractivity contribution in [1.82, 2.24) is 10.1 Å². The van der Waals surface area contributed by atoms with Gasteiger partial charge in [-0.2, -0.15) is 13.2 Å². The molecule has 1 fully saturated rings. The number of nitrogens with zero attached hydrogens (tertiary/aromatic N) is 2. The summed E-state index contributed by atoms with van der Waals surface area (Å²) in [5, 5.41) is 9.50. The Bertz CT molecular complexity index is 1140. The molecule has 2 heterocycles.